The summed E-state index contributed by atoms with van der Waals surface area (Å²) < 4.78 is 16.7. The number of carbonyl (C=O) groups is 1. The number of ether oxygens (including phenoxy) is 3. The number of fused-ring (bicyclic) bond motifs is 1. The molecule has 0 radical (unpaired) electrons. The molecule has 29 heavy (non-hydrogen) atoms. The number of hydrogen-bond donors (Lipinski definition) is 2. The fourth-order valence-electron chi connectivity index (χ4n) is 5.27. The molecule has 1 aromatic heterocycles. The molecule has 0 aromatic carbocycles. The zero-order valence-corrected chi connectivity index (χ0v) is 17.1. The van der Waals surface area contributed by atoms with E-state index in [-0.39, 0.29) is 11.4 Å². The van der Waals surface area contributed by atoms with Gasteiger partial charge in [0.1, 0.15) is 11.1 Å². The molecule has 4 aliphatic rings. The summed E-state index contributed by atoms with van der Waals surface area (Å²) in [6.07, 6.45) is 5.93. The van der Waals surface area contributed by atoms with E-state index in [1.54, 1.807) is 7.11 Å². The highest BCUT2D eigenvalue weighted by atomic mass is 16.5. The molecule has 0 saturated carbocycles. The average molecular weight is 402 g/mol. The topological polar surface area (TPSA) is 88.7 Å². The van der Waals surface area contributed by atoms with Crippen LogP contribution in [0, 0.1) is 11.3 Å². The lowest BCUT2D eigenvalue weighted by molar-refractivity contribution is 0.0797. The molecule has 3 saturated heterocycles. The number of hydrogen-bond acceptors (Lipinski definition) is 5. The first-order valence-corrected chi connectivity index (χ1v) is 10.8. The van der Waals surface area contributed by atoms with E-state index in [0.29, 0.717) is 11.9 Å². The lowest BCUT2D eigenvalue weighted by atomic mass is 9.86. The molecule has 1 atom stereocenters. The number of nitrogens with one attached hydrogen (secondary N) is 2. The van der Waals surface area contributed by atoms with Crippen molar-refractivity contribution in [3.8, 4) is 0 Å². The summed E-state index contributed by atoms with van der Waals surface area (Å²) >= 11 is 0. The van der Waals surface area contributed by atoms with Crippen molar-refractivity contribution < 1.29 is 19.0 Å². The molecule has 0 unspecified atom stereocenters. The van der Waals surface area contributed by atoms with Gasteiger partial charge in [0.25, 0.3) is 0 Å². The first kappa shape index (κ1) is 18.9. The van der Waals surface area contributed by atoms with Crippen LogP contribution in [0.25, 0.3) is 11.3 Å². The largest absolute Gasteiger partial charge is 0.499 e. The van der Waals surface area contributed by atoms with Gasteiger partial charge in [0.2, 0.25) is 5.95 Å². The van der Waals surface area contributed by atoms with Crippen molar-refractivity contribution in [1.82, 2.24) is 14.9 Å². The minimum Gasteiger partial charge on any atom is -0.499 e. The summed E-state index contributed by atoms with van der Waals surface area (Å²) in [7, 11) is 1.70. The van der Waals surface area contributed by atoms with Gasteiger partial charge in [-0.05, 0) is 43.6 Å². The SMILES string of the molecule is COC1=c2[nH]c(NC(=O)N3CC[C@]4(CCOC4)C3)nc2=C(C2CCOCC2)CC1. The first-order valence-electron chi connectivity index (χ1n) is 10.8. The van der Waals surface area contributed by atoms with Crippen molar-refractivity contribution in [3.05, 3.63) is 10.7 Å². The van der Waals surface area contributed by atoms with Gasteiger partial charge >= 0.3 is 6.03 Å². The molecule has 1 aromatic rings. The van der Waals surface area contributed by atoms with Gasteiger partial charge in [-0.25, -0.2) is 9.78 Å². The molecule has 0 bridgehead atoms. The molecule has 158 valence electrons. The second-order valence-corrected chi connectivity index (χ2v) is 8.75. The normalized spacial score (nSPS) is 27.6. The Morgan fingerprint density at radius 2 is 2.10 bits per heavy atom. The minimum atomic E-state index is -0.0912. The zero-order valence-electron chi connectivity index (χ0n) is 17.1. The second-order valence-electron chi connectivity index (χ2n) is 8.75. The minimum absolute atomic E-state index is 0.0912. The van der Waals surface area contributed by atoms with Crippen LogP contribution in [0.5, 0.6) is 0 Å². The Morgan fingerprint density at radius 1 is 1.24 bits per heavy atom. The number of rotatable bonds is 3. The Morgan fingerprint density at radius 3 is 2.86 bits per heavy atom. The van der Waals surface area contributed by atoms with Crippen LogP contribution < -0.4 is 16.0 Å². The predicted molar refractivity (Wildman–Crippen MR) is 108 cm³/mol. The van der Waals surface area contributed by atoms with E-state index in [9.17, 15) is 4.79 Å². The summed E-state index contributed by atoms with van der Waals surface area (Å²) in [4.78, 5) is 22.8. The molecule has 5 rings (SSSR count). The zero-order chi connectivity index (χ0) is 19.8. The Bertz CT molecular complexity index is 896. The van der Waals surface area contributed by atoms with Crippen molar-refractivity contribution in [3.63, 3.8) is 0 Å². The monoisotopic (exact) mass is 402 g/mol. The number of H-pyrrole nitrogens is 1. The van der Waals surface area contributed by atoms with Crippen molar-refractivity contribution in [2.75, 3.05) is 51.9 Å². The number of methoxy groups -OCH3 is 1. The summed E-state index contributed by atoms with van der Waals surface area (Å²) in [5.41, 5.74) is 1.52. The van der Waals surface area contributed by atoms with E-state index in [2.05, 4.69) is 10.3 Å². The van der Waals surface area contributed by atoms with Gasteiger partial charge in [-0.2, -0.15) is 0 Å². The number of amides is 2. The van der Waals surface area contributed by atoms with Crippen LogP contribution in [0.15, 0.2) is 0 Å². The number of nitrogens with zero attached hydrogens (tertiary/aromatic N) is 2. The summed E-state index contributed by atoms with van der Waals surface area (Å²) in [6.45, 7) is 4.71. The molecular formula is C21H30N4O4. The molecule has 2 amide bonds. The van der Waals surface area contributed by atoms with Gasteiger partial charge in [0.05, 0.1) is 19.1 Å². The lowest BCUT2D eigenvalue weighted by Crippen LogP contribution is -2.36. The molecule has 8 nitrogen and oxygen atoms in total. The number of anilines is 1. The summed E-state index contributed by atoms with van der Waals surface area (Å²) in [5.74, 6) is 1.91. The van der Waals surface area contributed by atoms with Crippen molar-refractivity contribution in [2.45, 2.75) is 38.5 Å². The van der Waals surface area contributed by atoms with Gasteiger partial charge in [0, 0.05) is 44.7 Å². The Kier molecular flexibility index (Phi) is 4.99. The number of aromatic nitrogens is 2. The number of carbonyl (C=O) groups excluding carboxylic acids is 1. The van der Waals surface area contributed by atoms with E-state index in [4.69, 9.17) is 19.2 Å². The van der Waals surface area contributed by atoms with Crippen LogP contribution in [0.4, 0.5) is 10.7 Å². The molecule has 8 heteroatoms. The van der Waals surface area contributed by atoms with Gasteiger partial charge in [-0.15, -0.1) is 0 Å². The standard InChI is InChI=1S/C21H30N4O4/c1-27-16-3-2-15(14-4-9-28-10-5-14)17-18(16)23-19(22-17)24-20(26)25-8-6-21(12-25)7-11-29-13-21/h14H,2-13H2,1H3,(H2,22,23,24,26)/t21-/m0/s1. The lowest BCUT2D eigenvalue weighted by Gasteiger charge is -2.25. The number of urea groups is 1. The quantitative estimate of drug-likeness (QED) is 0.793. The predicted octanol–water partition coefficient (Wildman–Crippen LogP) is 1.18. The maximum absolute atomic E-state index is 12.9. The molecule has 3 fully saturated rings. The van der Waals surface area contributed by atoms with E-state index in [1.165, 1.54) is 5.57 Å². The highest BCUT2D eigenvalue weighted by molar-refractivity contribution is 5.87. The average Bonchev–Trinajstić information content (AvgIpc) is 3.48. The number of aromatic amines is 1. The van der Waals surface area contributed by atoms with Crippen LogP contribution in [0.3, 0.4) is 0 Å². The van der Waals surface area contributed by atoms with Gasteiger partial charge in [-0.1, -0.05) is 0 Å². The maximum Gasteiger partial charge on any atom is 0.324 e. The van der Waals surface area contributed by atoms with Crippen LogP contribution in [0.1, 0.15) is 38.5 Å². The highest BCUT2D eigenvalue weighted by Gasteiger charge is 2.42. The van der Waals surface area contributed by atoms with E-state index < -0.39 is 0 Å². The van der Waals surface area contributed by atoms with E-state index >= 15 is 0 Å². The molecule has 2 N–H and O–H groups in total. The third-order valence-corrected chi connectivity index (χ3v) is 7.00. The number of imidazole rings is 1. The van der Waals surface area contributed by atoms with Crippen LogP contribution >= 0.6 is 0 Å². The van der Waals surface area contributed by atoms with Gasteiger partial charge < -0.3 is 24.1 Å². The fourth-order valence-corrected chi connectivity index (χ4v) is 5.27. The summed E-state index contributed by atoms with van der Waals surface area (Å²) in [5, 5.41) is 4.86. The molecular weight excluding hydrogens is 372 g/mol. The highest BCUT2D eigenvalue weighted by Crippen LogP contribution is 2.38. The smallest absolute Gasteiger partial charge is 0.324 e. The van der Waals surface area contributed by atoms with Gasteiger partial charge in [-0.3, -0.25) is 5.32 Å². The van der Waals surface area contributed by atoms with Crippen LogP contribution in [-0.4, -0.2) is 67.5 Å². The van der Waals surface area contributed by atoms with Crippen LogP contribution in [-0.2, 0) is 14.2 Å². The summed E-state index contributed by atoms with van der Waals surface area (Å²) in [6, 6.07) is -0.0912. The van der Waals surface area contributed by atoms with Crippen molar-refractivity contribution >= 4 is 23.3 Å². The van der Waals surface area contributed by atoms with Crippen molar-refractivity contribution in [2.24, 2.45) is 11.3 Å². The maximum atomic E-state index is 12.9. The molecule has 3 aliphatic heterocycles. The molecule has 1 spiro atoms. The molecule has 1 aliphatic carbocycles. The third-order valence-electron chi connectivity index (χ3n) is 7.00. The molecule has 4 heterocycles. The Hall–Kier alpha value is -2.06. The van der Waals surface area contributed by atoms with E-state index in [1.807, 2.05) is 4.90 Å². The second kappa shape index (κ2) is 7.65. The third kappa shape index (κ3) is 3.53. The van der Waals surface area contributed by atoms with E-state index in [0.717, 1.165) is 94.5 Å². The van der Waals surface area contributed by atoms with Crippen LogP contribution in [0.2, 0.25) is 0 Å². The fraction of sp³-hybridized carbons (Fsp3) is 0.714. The number of likely N-dealkylation sites (tertiary alicyclic amines) is 1. The first-order chi connectivity index (χ1) is 14.2. The van der Waals surface area contributed by atoms with Gasteiger partial charge in [0.15, 0.2) is 0 Å². The Balaban J connectivity index is 1.39. The Labute approximate surface area is 170 Å². The van der Waals surface area contributed by atoms with Crippen molar-refractivity contribution in [1.29, 1.82) is 0 Å².